The van der Waals surface area contributed by atoms with E-state index in [0.717, 1.165) is 6.07 Å². The molecule has 2 N–H and O–H groups in total. The smallest absolute Gasteiger partial charge is 0.308 e. The van der Waals surface area contributed by atoms with Crippen LogP contribution in [0.25, 0.3) is 0 Å². The number of benzene rings is 2. The summed E-state index contributed by atoms with van der Waals surface area (Å²) < 4.78 is 40.6. The second-order valence-electron chi connectivity index (χ2n) is 6.30. The van der Waals surface area contributed by atoms with Crippen molar-refractivity contribution in [1.82, 2.24) is 0 Å². The van der Waals surface area contributed by atoms with Crippen LogP contribution < -0.4 is 9.62 Å². The second-order valence-corrected chi connectivity index (χ2v) is 7.98. The minimum absolute atomic E-state index is 0.0311. The Labute approximate surface area is 155 Å². The number of hydrogen-bond acceptors (Lipinski definition) is 4. The molecular formula is C18H17FN2O5S. The predicted molar refractivity (Wildman–Crippen MR) is 96.5 cm³/mol. The molecule has 3 rings (SSSR count). The first-order valence-corrected chi connectivity index (χ1v) is 9.58. The molecule has 0 aliphatic carbocycles. The van der Waals surface area contributed by atoms with Crippen molar-refractivity contribution < 1.29 is 27.5 Å². The van der Waals surface area contributed by atoms with Crippen LogP contribution in [0.4, 0.5) is 15.8 Å². The molecule has 1 heterocycles. The topological polar surface area (TPSA) is 104 Å². The van der Waals surface area contributed by atoms with Crippen LogP contribution in [0, 0.1) is 18.7 Å². The minimum atomic E-state index is -3.90. The van der Waals surface area contributed by atoms with Gasteiger partial charge in [0, 0.05) is 18.7 Å². The van der Waals surface area contributed by atoms with E-state index in [0.29, 0.717) is 11.3 Å². The van der Waals surface area contributed by atoms with Gasteiger partial charge in [0.2, 0.25) is 5.91 Å². The Morgan fingerprint density at radius 3 is 2.44 bits per heavy atom. The van der Waals surface area contributed by atoms with Gasteiger partial charge < -0.3 is 10.0 Å². The van der Waals surface area contributed by atoms with Gasteiger partial charge in [0.15, 0.2) is 0 Å². The highest BCUT2D eigenvalue weighted by Gasteiger charge is 2.35. The number of aliphatic carboxylic acids is 1. The molecule has 2 aromatic rings. The van der Waals surface area contributed by atoms with E-state index in [4.69, 9.17) is 5.11 Å². The highest BCUT2D eigenvalue weighted by atomic mass is 32.2. The van der Waals surface area contributed by atoms with Crippen molar-refractivity contribution in [2.75, 3.05) is 16.2 Å². The Balaban J connectivity index is 1.80. The number of rotatable bonds is 5. The van der Waals surface area contributed by atoms with E-state index < -0.39 is 27.7 Å². The van der Waals surface area contributed by atoms with E-state index in [9.17, 15) is 22.4 Å². The Kier molecular flexibility index (Phi) is 4.88. The van der Waals surface area contributed by atoms with Crippen LogP contribution in [0.3, 0.4) is 0 Å². The lowest BCUT2D eigenvalue weighted by molar-refractivity contribution is -0.141. The van der Waals surface area contributed by atoms with Crippen molar-refractivity contribution in [3.05, 3.63) is 53.8 Å². The number of anilines is 2. The monoisotopic (exact) mass is 392 g/mol. The molecule has 0 radical (unpaired) electrons. The highest BCUT2D eigenvalue weighted by Crippen LogP contribution is 2.27. The maximum atomic E-state index is 13.2. The van der Waals surface area contributed by atoms with Gasteiger partial charge >= 0.3 is 5.97 Å². The molecule has 1 aliphatic heterocycles. The number of nitrogens with zero attached hydrogens (tertiary/aromatic N) is 1. The number of halogens is 1. The van der Waals surface area contributed by atoms with Crippen molar-refractivity contribution in [1.29, 1.82) is 0 Å². The molecule has 1 fully saturated rings. The summed E-state index contributed by atoms with van der Waals surface area (Å²) in [6.45, 7) is 1.63. The van der Waals surface area contributed by atoms with E-state index in [2.05, 4.69) is 4.72 Å². The normalized spacial score (nSPS) is 17.2. The first kappa shape index (κ1) is 18.8. The van der Waals surface area contributed by atoms with Gasteiger partial charge in [-0.15, -0.1) is 0 Å². The summed E-state index contributed by atoms with van der Waals surface area (Å²) in [6, 6.07) is 9.29. The Morgan fingerprint density at radius 2 is 1.89 bits per heavy atom. The van der Waals surface area contributed by atoms with Crippen LogP contribution >= 0.6 is 0 Å². The largest absolute Gasteiger partial charge is 0.481 e. The summed E-state index contributed by atoms with van der Waals surface area (Å²) in [7, 11) is -3.90. The number of carbonyl (C=O) groups is 2. The molecule has 0 saturated carbocycles. The van der Waals surface area contributed by atoms with Gasteiger partial charge in [-0.1, -0.05) is 0 Å². The van der Waals surface area contributed by atoms with E-state index in [1.165, 1.54) is 41.3 Å². The van der Waals surface area contributed by atoms with Crippen molar-refractivity contribution >= 4 is 33.3 Å². The fraction of sp³-hybridized carbons (Fsp3) is 0.222. The summed E-state index contributed by atoms with van der Waals surface area (Å²) in [5.74, 6) is -2.60. The van der Waals surface area contributed by atoms with Crippen LogP contribution in [0.15, 0.2) is 47.4 Å². The van der Waals surface area contributed by atoms with Crippen molar-refractivity contribution in [2.24, 2.45) is 5.92 Å². The lowest BCUT2D eigenvalue weighted by Gasteiger charge is -2.17. The summed E-state index contributed by atoms with van der Waals surface area (Å²) >= 11 is 0. The van der Waals surface area contributed by atoms with Gasteiger partial charge in [0.25, 0.3) is 10.0 Å². The van der Waals surface area contributed by atoms with Crippen LogP contribution in [0.5, 0.6) is 0 Å². The molecule has 1 aliphatic rings. The van der Waals surface area contributed by atoms with Gasteiger partial charge in [-0.2, -0.15) is 0 Å². The fourth-order valence-electron chi connectivity index (χ4n) is 2.87. The van der Waals surface area contributed by atoms with Crippen molar-refractivity contribution in [3.63, 3.8) is 0 Å². The lowest BCUT2D eigenvalue weighted by Crippen LogP contribution is -2.25. The number of carboxylic acids is 1. The van der Waals surface area contributed by atoms with Crippen LogP contribution in [0.1, 0.15) is 12.0 Å². The van der Waals surface area contributed by atoms with Crippen molar-refractivity contribution in [2.45, 2.75) is 18.2 Å². The third kappa shape index (κ3) is 3.92. The zero-order valence-electron chi connectivity index (χ0n) is 14.3. The van der Waals surface area contributed by atoms with Gasteiger partial charge in [0.1, 0.15) is 5.82 Å². The zero-order valence-corrected chi connectivity index (χ0v) is 15.2. The Morgan fingerprint density at radius 1 is 1.22 bits per heavy atom. The summed E-state index contributed by atoms with van der Waals surface area (Å²) in [5, 5.41) is 9.04. The number of nitrogens with one attached hydrogen (secondary N) is 1. The molecule has 7 nitrogen and oxygen atoms in total. The van der Waals surface area contributed by atoms with E-state index in [1.54, 1.807) is 6.92 Å². The highest BCUT2D eigenvalue weighted by molar-refractivity contribution is 7.92. The standard InChI is InChI=1S/C18H17FN2O5S/c1-11-8-13(19)2-7-16(11)20-27(25,26)15-5-3-14(4-6-15)21-10-12(18(23)24)9-17(21)22/h2-8,12,20H,9-10H2,1H3,(H,23,24)/t12-/m0/s1. The minimum Gasteiger partial charge on any atom is -0.481 e. The lowest BCUT2D eigenvalue weighted by atomic mass is 10.1. The molecule has 142 valence electrons. The van der Waals surface area contributed by atoms with Gasteiger partial charge in [0.05, 0.1) is 16.5 Å². The molecule has 1 amide bonds. The summed E-state index contributed by atoms with van der Waals surface area (Å²) in [6.07, 6.45) is -0.0826. The maximum absolute atomic E-state index is 13.2. The van der Waals surface area contributed by atoms with Crippen LogP contribution in [-0.2, 0) is 19.6 Å². The molecule has 9 heteroatoms. The average Bonchev–Trinajstić information content (AvgIpc) is 3.00. The molecule has 1 saturated heterocycles. The second kappa shape index (κ2) is 6.99. The maximum Gasteiger partial charge on any atom is 0.308 e. The number of sulfonamides is 1. The average molecular weight is 392 g/mol. The zero-order chi connectivity index (χ0) is 19.8. The van der Waals surface area contributed by atoms with E-state index in [-0.39, 0.29) is 29.5 Å². The third-order valence-corrected chi connectivity index (χ3v) is 5.75. The molecule has 0 unspecified atom stereocenters. The predicted octanol–water partition coefficient (Wildman–Crippen LogP) is 2.37. The van der Waals surface area contributed by atoms with E-state index in [1.807, 2.05) is 0 Å². The number of hydrogen-bond donors (Lipinski definition) is 2. The van der Waals surface area contributed by atoms with Gasteiger partial charge in [-0.05, 0) is 55.0 Å². The number of carboxylic acid groups (broad SMARTS) is 1. The van der Waals surface area contributed by atoms with Gasteiger partial charge in [-0.25, -0.2) is 12.8 Å². The van der Waals surface area contributed by atoms with E-state index >= 15 is 0 Å². The first-order valence-electron chi connectivity index (χ1n) is 8.09. The summed E-state index contributed by atoms with van der Waals surface area (Å²) in [5.41, 5.74) is 1.14. The Bertz CT molecular complexity index is 1000. The number of carbonyl (C=O) groups excluding carboxylic acids is 1. The van der Waals surface area contributed by atoms with Crippen LogP contribution in [0.2, 0.25) is 0 Å². The SMILES string of the molecule is Cc1cc(F)ccc1NS(=O)(=O)c1ccc(N2C[C@@H](C(=O)O)CC2=O)cc1. The molecule has 1 atom stereocenters. The molecule has 0 spiro atoms. The van der Waals surface area contributed by atoms with Crippen molar-refractivity contribution in [3.8, 4) is 0 Å². The fourth-order valence-corrected chi connectivity index (χ4v) is 4.00. The quantitative estimate of drug-likeness (QED) is 0.813. The molecule has 2 aromatic carbocycles. The molecule has 27 heavy (non-hydrogen) atoms. The van der Waals surface area contributed by atoms with Gasteiger partial charge in [-0.3, -0.25) is 14.3 Å². The number of aryl methyl sites for hydroxylation is 1. The molecule has 0 aromatic heterocycles. The third-order valence-electron chi connectivity index (χ3n) is 4.37. The molecule has 0 bridgehead atoms. The van der Waals surface area contributed by atoms with Crippen LogP contribution in [-0.4, -0.2) is 31.9 Å². The Hall–Kier alpha value is -2.94. The number of amides is 1. The first-order chi connectivity index (χ1) is 12.7. The summed E-state index contributed by atoms with van der Waals surface area (Å²) in [4.78, 5) is 24.3. The molecular weight excluding hydrogens is 375 g/mol.